The molecular weight excluding hydrogens is 300 g/mol. The highest BCUT2D eigenvalue weighted by atomic mass is 32.1. The number of carbonyl (C=O) groups is 1. The van der Waals surface area contributed by atoms with Gasteiger partial charge in [-0.1, -0.05) is 11.3 Å². The summed E-state index contributed by atoms with van der Waals surface area (Å²) in [5, 5.41) is 13.4. The number of nitrogens with one attached hydrogen (secondary N) is 3. The smallest absolute Gasteiger partial charge is 0.217 e. The fourth-order valence-electron chi connectivity index (χ4n) is 2.04. The topological polar surface area (TPSA) is 117 Å². The van der Waals surface area contributed by atoms with Crippen LogP contribution in [-0.4, -0.2) is 21.8 Å². The van der Waals surface area contributed by atoms with Crippen molar-refractivity contribution in [2.24, 2.45) is 5.73 Å². The number of amides is 1. The number of pyridine rings is 1. The van der Waals surface area contributed by atoms with Crippen LogP contribution < -0.4 is 16.4 Å². The van der Waals surface area contributed by atoms with Crippen LogP contribution in [0.1, 0.15) is 34.8 Å². The Morgan fingerprint density at radius 1 is 1.45 bits per heavy atom. The molecule has 0 saturated carbocycles. The van der Waals surface area contributed by atoms with Crippen molar-refractivity contribution in [2.75, 3.05) is 5.32 Å². The lowest BCUT2D eigenvalue weighted by molar-refractivity contribution is -0.119. The molecule has 1 atom stereocenters. The summed E-state index contributed by atoms with van der Waals surface area (Å²) in [6.45, 7) is 5.29. The highest BCUT2D eigenvalue weighted by molar-refractivity contribution is 7.16. The standard InChI is InChI=1S/C14H18N6OS/c1-7-4-5-17-10(6-7)11(19-9(3)21)12-8(2)18-14(22-12)20-13(15)16/h4-6,11H,1-3H3,(H,19,21)(H4,15,16,18,20). The number of carbonyl (C=O) groups excluding carboxylic acids is 1. The van der Waals surface area contributed by atoms with Crippen LogP contribution in [0, 0.1) is 19.3 Å². The Labute approximate surface area is 132 Å². The molecule has 2 rings (SSSR count). The average Bonchev–Trinajstić information content (AvgIpc) is 2.75. The number of guanidine groups is 1. The zero-order valence-corrected chi connectivity index (χ0v) is 13.4. The van der Waals surface area contributed by atoms with Gasteiger partial charge in [-0.2, -0.15) is 0 Å². The van der Waals surface area contributed by atoms with Gasteiger partial charge >= 0.3 is 0 Å². The van der Waals surface area contributed by atoms with E-state index in [1.165, 1.54) is 18.3 Å². The van der Waals surface area contributed by atoms with Gasteiger partial charge in [0.1, 0.15) is 6.04 Å². The fourth-order valence-corrected chi connectivity index (χ4v) is 3.08. The van der Waals surface area contributed by atoms with Gasteiger partial charge in [0.25, 0.3) is 0 Å². The van der Waals surface area contributed by atoms with Crippen molar-refractivity contribution in [1.29, 1.82) is 5.41 Å². The lowest BCUT2D eigenvalue weighted by Gasteiger charge is -2.17. The molecule has 0 fully saturated rings. The van der Waals surface area contributed by atoms with E-state index < -0.39 is 0 Å². The van der Waals surface area contributed by atoms with Crippen LogP contribution in [0.2, 0.25) is 0 Å². The van der Waals surface area contributed by atoms with Crippen LogP contribution in [0.4, 0.5) is 5.13 Å². The maximum absolute atomic E-state index is 11.6. The number of hydrogen-bond donors (Lipinski definition) is 4. The van der Waals surface area contributed by atoms with Crippen molar-refractivity contribution in [3.63, 3.8) is 0 Å². The molecule has 2 heterocycles. The number of nitrogens with zero attached hydrogens (tertiary/aromatic N) is 2. The maximum atomic E-state index is 11.6. The van der Waals surface area contributed by atoms with E-state index in [0.29, 0.717) is 5.13 Å². The van der Waals surface area contributed by atoms with Gasteiger partial charge in [0.05, 0.1) is 16.3 Å². The monoisotopic (exact) mass is 318 g/mol. The lowest BCUT2D eigenvalue weighted by Crippen LogP contribution is -2.27. The molecule has 0 bridgehead atoms. The highest BCUT2D eigenvalue weighted by Gasteiger charge is 2.22. The second kappa shape index (κ2) is 6.52. The van der Waals surface area contributed by atoms with Gasteiger partial charge in [-0.15, -0.1) is 0 Å². The fraction of sp³-hybridized carbons (Fsp3) is 0.286. The average molecular weight is 318 g/mol. The Bertz CT molecular complexity index is 711. The lowest BCUT2D eigenvalue weighted by atomic mass is 10.1. The second-order valence-corrected chi connectivity index (χ2v) is 5.93. The molecule has 2 aromatic rings. The quantitative estimate of drug-likeness (QED) is 0.505. The van der Waals surface area contributed by atoms with Gasteiger partial charge in [-0.25, -0.2) is 4.98 Å². The molecule has 116 valence electrons. The number of thiazole rings is 1. The molecule has 1 unspecified atom stereocenters. The van der Waals surface area contributed by atoms with Gasteiger partial charge < -0.3 is 16.4 Å². The third-order valence-corrected chi connectivity index (χ3v) is 4.05. The van der Waals surface area contributed by atoms with Gasteiger partial charge in [-0.3, -0.25) is 15.2 Å². The molecule has 0 spiro atoms. The van der Waals surface area contributed by atoms with Crippen molar-refractivity contribution < 1.29 is 4.79 Å². The minimum atomic E-state index is -0.377. The van der Waals surface area contributed by atoms with E-state index in [2.05, 4.69) is 20.6 Å². The predicted octanol–water partition coefficient (Wildman–Crippen LogP) is 1.69. The van der Waals surface area contributed by atoms with E-state index in [0.717, 1.165) is 21.8 Å². The van der Waals surface area contributed by atoms with Gasteiger partial charge in [0, 0.05) is 13.1 Å². The van der Waals surface area contributed by atoms with Crippen molar-refractivity contribution in [3.05, 3.63) is 40.2 Å². The molecule has 0 aliphatic carbocycles. The number of hydrogen-bond acceptors (Lipinski definition) is 5. The summed E-state index contributed by atoms with van der Waals surface area (Å²) in [5.41, 5.74) is 7.89. The molecule has 0 aliphatic rings. The predicted molar refractivity (Wildman–Crippen MR) is 87.0 cm³/mol. The highest BCUT2D eigenvalue weighted by Crippen LogP contribution is 2.32. The van der Waals surface area contributed by atoms with Crippen molar-refractivity contribution in [2.45, 2.75) is 26.8 Å². The molecule has 8 heteroatoms. The zero-order chi connectivity index (χ0) is 16.3. The van der Waals surface area contributed by atoms with Crippen molar-refractivity contribution in [1.82, 2.24) is 15.3 Å². The van der Waals surface area contributed by atoms with Gasteiger partial charge in [0.2, 0.25) is 5.91 Å². The van der Waals surface area contributed by atoms with E-state index in [9.17, 15) is 4.79 Å². The van der Waals surface area contributed by atoms with Crippen LogP contribution in [0.15, 0.2) is 18.3 Å². The normalized spacial score (nSPS) is 11.8. The Balaban J connectivity index is 2.43. The van der Waals surface area contributed by atoms with E-state index in [1.54, 1.807) is 6.20 Å². The first kappa shape index (κ1) is 15.9. The SMILES string of the molecule is CC(=O)NC(c1cc(C)ccn1)c1sc(NC(=N)N)nc1C. The van der Waals surface area contributed by atoms with Crippen LogP contribution in [-0.2, 0) is 4.79 Å². The summed E-state index contributed by atoms with van der Waals surface area (Å²) in [6.07, 6.45) is 1.71. The first-order valence-electron chi connectivity index (χ1n) is 6.65. The molecule has 0 saturated heterocycles. The molecule has 0 radical (unpaired) electrons. The third-order valence-electron chi connectivity index (χ3n) is 2.92. The summed E-state index contributed by atoms with van der Waals surface area (Å²) >= 11 is 1.34. The Hall–Kier alpha value is -2.48. The molecule has 0 aliphatic heterocycles. The maximum Gasteiger partial charge on any atom is 0.217 e. The Kier molecular flexibility index (Phi) is 4.71. The van der Waals surface area contributed by atoms with E-state index in [-0.39, 0.29) is 17.9 Å². The van der Waals surface area contributed by atoms with E-state index >= 15 is 0 Å². The summed E-state index contributed by atoms with van der Waals surface area (Å²) in [5.74, 6) is -0.327. The first-order valence-corrected chi connectivity index (χ1v) is 7.46. The third kappa shape index (κ3) is 3.79. The molecule has 7 nitrogen and oxygen atoms in total. The van der Waals surface area contributed by atoms with Gasteiger partial charge in [-0.05, 0) is 31.5 Å². The molecule has 0 aromatic carbocycles. The first-order chi connectivity index (χ1) is 10.4. The number of nitrogens with two attached hydrogens (primary N) is 1. The minimum absolute atomic E-state index is 0.151. The molecule has 5 N–H and O–H groups in total. The van der Waals surface area contributed by atoms with Crippen molar-refractivity contribution in [3.8, 4) is 0 Å². The number of aryl methyl sites for hydroxylation is 2. The number of aromatic nitrogens is 2. The zero-order valence-electron chi connectivity index (χ0n) is 12.6. The van der Waals surface area contributed by atoms with Crippen LogP contribution in [0.3, 0.4) is 0 Å². The van der Waals surface area contributed by atoms with E-state index in [4.69, 9.17) is 11.1 Å². The Morgan fingerprint density at radius 3 is 2.77 bits per heavy atom. The largest absolute Gasteiger partial charge is 0.370 e. The van der Waals surface area contributed by atoms with Crippen LogP contribution in [0.5, 0.6) is 0 Å². The summed E-state index contributed by atoms with van der Waals surface area (Å²) in [6, 6.07) is 3.45. The summed E-state index contributed by atoms with van der Waals surface area (Å²) in [4.78, 5) is 21.1. The number of anilines is 1. The molecule has 2 aromatic heterocycles. The van der Waals surface area contributed by atoms with Crippen LogP contribution in [0.25, 0.3) is 0 Å². The molecule has 1 amide bonds. The number of rotatable bonds is 4. The van der Waals surface area contributed by atoms with Crippen molar-refractivity contribution >= 4 is 28.3 Å². The van der Waals surface area contributed by atoms with Gasteiger partial charge in [0.15, 0.2) is 11.1 Å². The Morgan fingerprint density at radius 2 is 2.18 bits per heavy atom. The van der Waals surface area contributed by atoms with E-state index in [1.807, 2.05) is 26.0 Å². The summed E-state index contributed by atoms with van der Waals surface area (Å²) < 4.78 is 0. The molecular formula is C14H18N6OS. The van der Waals surface area contributed by atoms with Crippen LogP contribution >= 0.6 is 11.3 Å². The second-order valence-electron chi connectivity index (χ2n) is 4.90. The summed E-state index contributed by atoms with van der Waals surface area (Å²) in [7, 11) is 0. The molecule has 22 heavy (non-hydrogen) atoms. The minimum Gasteiger partial charge on any atom is -0.370 e.